The lowest BCUT2D eigenvalue weighted by molar-refractivity contribution is -0.122. The van der Waals surface area contributed by atoms with E-state index in [9.17, 15) is 4.79 Å². The first-order chi connectivity index (χ1) is 8.34. The van der Waals surface area contributed by atoms with Gasteiger partial charge in [0.05, 0.1) is 21.8 Å². The average molecular weight is 306 g/mol. The molecule has 96 valence electrons. The van der Waals surface area contributed by atoms with Gasteiger partial charge in [-0.1, -0.05) is 41.7 Å². The van der Waals surface area contributed by atoms with Crippen molar-refractivity contribution < 1.29 is 4.79 Å². The van der Waals surface area contributed by atoms with Crippen molar-refractivity contribution in [3.8, 4) is 6.07 Å². The Bertz CT molecular complexity index is 502. The van der Waals surface area contributed by atoms with E-state index in [0.717, 1.165) is 0 Å². The minimum Gasteiger partial charge on any atom is -0.322 e. The largest absolute Gasteiger partial charge is 0.322 e. The van der Waals surface area contributed by atoms with Gasteiger partial charge in [-0.05, 0) is 25.5 Å². The third-order valence-electron chi connectivity index (χ3n) is 2.70. The van der Waals surface area contributed by atoms with E-state index in [-0.39, 0.29) is 15.7 Å². The van der Waals surface area contributed by atoms with Crippen LogP contribution in [0.1, 0.15) is 20.3 Å². The molecular formula is C12H11Cl3N2O. The van der Waals surface area contributed by atoms with Crippen molar-refractivity contribution in [1.29, 1.82) is 5.26 Å². The van der Waals surface area contributed by atoms with Crippen molar-refractivity contribution in [1.82, 2.24) is 0 Å². The molecule has 3 nitrogen and oxygen atoms in total. The van der Waals surface area contributed by atoms with Crippen molar-refractivity contribution >= 4 is 46.4 Å². The summed E-state index contributed by atoms with van der Waals surface area (Å²) >= 11 is 17.7. The Kier molecular flexibility index (Phi) is 4.86. The molecule has 6 heteroatoms. The molecule has 0 radical (unpaired) electrons. The van der Waals surface area contributed by atoms with Gasteiger partial charge in [-0.25, -0.2) is 0 Å². The molecule has 0 spiro atoms. The van der Waals surface area contributed by atoms with Crippen LogP contribution in [0.4, 0.5) is 5.69 Å². The summed E-state index contributed by atoms with van der Waals surface area (Å²) in [6.07, 6.45) is 0.387. The van der Waals surface area contributed by atoms with Crippen LogP contribution in [-0.4, -0.2) is 5.91 Å². The van der Waals surface area contributed by atoms with E-state index in [4.69, 9.17) is 40.1 Å². The van der Waals surface area contributed by atoms with Crippen LogP contribution in [0.5, 0.6) is 0 Å². The number of rotatable bonds is 3. The van der Waals surface area contributed by atoms with Crippen molar-refractivity contribution in [3.05, 3.63) is 27.2 Å². The van der Waals surface area contributed by atoms with Gasteiger partial charge in [0, 0.05) is 5.02 Å². The Labute approximate surface area is 121 Å². The zero-order chi connectivity index (χ0) is 13.9. The van der Waals surface area contributed by atoms with Gasteiger partial charge >= 0.3 is 0 Å². The Balaban J connectivity index is 3.07. The highest BCUT2D eigenvalue weighted by Gasteiger charge is 2.32. The maximum atomic E-state index is 12.0. The van der Waals surface area contributed by atoms with Crippen molar-refractivity contribution in [2.45, 2.75) is 20.3 Å². The molecule has 1 aromatic rings. The summed E-state index contributed by atoms with van der Waals surface area (Å²) in [7, 11) is 0. The third kappa shape index (κ3) is 3.08. The summed E-state index contributed by atoms with van der Waals surface area (Å²) in [5.74, 6) is -0.446. The van der Waals surface area contributed by atoms with Crippen LogP contribution in [0.25, 0.3) is 0 Å². The van der Waals surface area contributed by atoms with Crippen molar-refractivity contribution in [2.75, 3.05) is 5.32 Å². The van der Waals surface area contributed by atoms with Crippen LogP contribution in [0.15, 0.2) is 12.1 Å². The maximum Gasteiger partial charge on any atom is 0.244 e. The molecular weight excluding hydrogens is 295 g/mol. The molecule has 1 unspecified atom stereocenters. The second kappa shape index (κ2) is 5.79. The SMILES string of the molecule is CCC(C)(C#N)C(=O)Nc1c(Cl)cc(Cl)cc1Cl. The number of benzene rings is 1. The van der Waals surface area contributed by atoms with E-state index < -0.39 is 11.3 Å². The van der Waals surface area contributed by atoms with E-state index in [1.165, 1.54) is 12.1 Å². The smallest absolute Gasteiger partial charge is 0.244 e. The number of amides is 1. The van der Waals surface area contributed by atoms with Crippen LogP contribution in [0.3, 0.4) is 0 Å². The minimum atomic E-state index is -1.12. The van der Waals surface area contributed by atoms with Gasteiger partial charge in [0.2, 0.25) is 5.91 Å². The minimum absolute atomic E-state index is 0.234. The first kappa shape index (κ1) is 15.1. The number of nitrogens with zero attached hydrogens (tertiary/aromatic N) is 1. The van der Waals surface area contributed by atoms with Gasteiger partial charge in [0.15, 0.2) is 0 Å². The first-order valence-electron chi connectivity index (χ1n) is 5.21. The highest BCUT2D eigenvalue weighted by atomic mass is 35.5. The standard InChI is InChI=1S/C12H11Cl3N2O/c1-3-12(2,6-16)11(18)17-10-8(14)4-7(13)5-9(10)15/h4-5H,3H2,1-2H3,(H,17,18). The van der Waals surface area contributed by atoms with Gasteiger partial charge in [-0.15, -0.1) is 0 Å². The molecule has 0 aliphatic carbocycles. The van der Waals surface area contributed by atoms with Gasteiger partial charge in [-0.2, -0.15) is 5.26 Å². The summed E-state index contributed by atoms with van der Waals surface area (Å²) in [4.78, 5) is 12.0. The predicted octanol–water partition coefficient (Wildman–Crippen LogP) is 4.53. The lowest BCUT2D eigenvalue weighted by Crippen LogP contribution is -2.31. The molecule has 1 rings (SSSR count). The van der Waals surface area contributed by atoms with Crippen LogP contribution in [-0.2, 0) is 4.79 Å². The second-order valence-electron chi connectivity index (χ2n) is 4.00. The average Bonchev–Trinajstić information content (AvgIpc) is 2.32. The number of halogens is 3. The zero-order valence-corrected chi connectivity index (χ0v) is 12.1. The lowest BCUT2D eigenvalue weighted by atomic mass is 9.88. The van der Waals surface area contributed by atoms with Gasteiger partial charge < -0.3 is 5.32 Å². The second-order valence-corrected chi connectivity index (χ2v) is 5.25. The molecule has 0 fully saturated rings. The number of nitrogens with one attached hydrogen (secondary N) is 1. The first-order valence-corrected chi connectivity index (χ1v) is 6.34. The highest BCUT2D eigenvalue weighted by Crippen LogP contribution is 2.35. The summed E-state index contributed by atoms with van der Waals surface area (Å²) in [6.45, 7) is 3.31. The number of hydrogen-bond donors (Lipinski definition) is 1. The molecule has 0 saturated heterocycles. The van der Waals surface area contributed by atoms with Gasteiger partial charge in [0.25, 0.3) is 0 Å². The maximum absolute atomic E-state index is 12.0. The summed E-state index contributed by atoms with van der Waals surface area (Å²) in [5.41, 5.74) is -0.852. The van der Waals surface area contributed by atoms with E-state index in [1.807, 2.05) is 6.07 Å². The van der Waals surface area contributed by atoms with Crippen molar-refractivity contribution in [2.24, 2.45) is 5.41 Å². The molecule has 0 heterocycles. The fourth-order valence-corrected chi connectivity index (χ4v) is 2.11. The quantitative estimate of drug-likeness (QED) is 0.892. The number of carbonyl (C=O) groups excluding carboxylic acids is 1. The molecule has 0 aliphatic heterocycles. The fourth-order valence-electron chi connectivity index (χ4n) is 1.20. The summed E-state index contributed by atoms with van der Waals surface area (Å²) in [5, 5.41) is 12.4. The fraction of sp³-hybridized carbons (Fsp3) is 0.333. The van der Waals surface area contributed by atoms with Gasteiger partial charge in [0.1, 0.15) is 5.41 Å². The van der Waals surface area contributed by atoms with Crippen LogP contribution in [0, 0.1) is 16.7 Å². The topological polar surface area (TPSA) is 52.9 Å². The number of hydrogen-bond acceptors (Lipinski definition) is 2. The number of nitriles is 1. The third-order valence-corrected chi connectivity index (χ3v) is 3.51. The normalized spacial score (nSPS) is 13.6. The Morgan fingerprint density at radius 1 is 1.39 bits per heavy atom. The molecule has 18 heavy (non-hydrogen) atoms. The number of carbonyl (C=O) groups is 1. The summed E-state index contributed by atoms with van der Waals surface area (Å²) < 4.78 is 0. The van der Waals surface area contributed by atoms with Crippen LogP contribution < -0.4 is 5.32 Å². The Morgan fingerprint density at radius 2 is 1.89 bits per heavy atom. The molecule has 1 aromatic carbocycles. The molecule has 0 aliphatic rings. The van der Waals surface area contributed by atoms with Crippen LogP contribution in [0.2, 0.25) is 15.1 Å². The van der Waals surface area contributed by atoms with Gasteiger partial charge in [-0.3, -0.25) is 4.79 Å². The predicted molar refractivity (Wildman–Crippen MR) is 74.1 cm³/mol. The van der Waals surface area contributed by atoms with E-state index >= 15 is 0 Å². The Hall–Kier alpha value is -0.950. The van der Waals surface area contributed by atoms with Crippen LogP contribution >= 0.6 is 34.8 Å². The summed E-state index contributed by atoms with van der Waals surface area (Å²) in [6, 6.07) is 4.92. The molecule has 1 amide bonds. The molecule has 1 N–H and O–H groups in total. The van der Waals surface area contributed by atoms with E-state index in [1.54, 1.807) is 13.8 Å². The van der Waals surface area contributed by atoms with E-state index in [0.29, 0.717) is 11.4 Å². The molecule has 0 bridgehead atoms. The van der Waals surface area contributed by atoms with E-state index in [2.05, 4.69) is 5.32 Å². The zero-order valence-electron chi connectivity index (χ0n) is 9.85. The monoisotopic (exact) mass is 304 g/mol. The lowest BCUT2D eigenvalue weighted by Gasteiger charge is -2.19. The number of anilines is 1. The van der Waals surface area contributed by atoms with Crippen molar-refractivity contribution in [3.63, 3.8) is 0 Å². The Morgan fingerprint density at radius 3 is 2.28 bits per heavy atom. The highest BCUT2D eigenvalue weighted by molar-refractivity contribution is 6.42. The molecule has 1 atom stereocenters. The molecule has 0 aromatic heterocycles. The molecule has 0 saturated carbocycles.